The van der Waals surface area contributed by atoms with Crippen LogP contribution in [0.15, 0.2) is 66.7 Å². The van der Waals surface area contributed by atoms with Crippen LogP contribution in [0, 0.1) is 0 Å². The molecule has 0 N–H and O–H groups in total. The number of fused-ring (bicyclic) bond motifs is 2. The smallest absolute Gasteiger partial charge is 1.00 e. The van der Waals surface area contributed by atoms with Crippen molar-refractivity contribution >= 4 is 22.1 Å². The molecule has 0 amide bonds. The summed E-state index contributed by atoms with van der Waals surface area (Å²) in [6.07, 6.45) is 4.50. The molecule has 0 saturated carbocycles. The van der Waals surface area contributed by atoms with Gasteiger partial charge in [-0.05, 0) is 49.2 Å². The van der Waals surface area contributed by atoms with Crippen LogP contribution in [0.25, 0.3) is 45.1 Å². The van der Waals surface area contributed by atoms with E-state index in [-0.39, 0.29) is 43.4 Å². The number of hydrogen-bond acceptors (Lipinski definition) is 3. The number of pyridine rings is 1. The minimum absolute atomic E-state index is 0. The zero-order valence-electron chi connectivity index (χ0n) is 20.0. The van der Waals surface area contributed by atoms with E-state index >= 15 is 0 Å². The van der Waals surface area contributed by atoms with Gasteiger partial charge in [0.15, 0.2) is 11.6 Å². The van der Waals surface area contributed by atoms with Crippen molar-refractivity contribution < 1.29 is 43.4 Å². The van der Waals surface area contributed by atoms with Crippen molar-refractivity contribution in [2.45, 2.75) is 52.6 Å². The van der Waals surface area contributed by atoms with Crippen molar-refractivity contribution in [1.82, 2.24) is 24.1 Å². The molecule has 0 atom stereocenters. The summed E-state index contributed by atoms with van der Waals surface area (Å²) in [5.41, 5.74) is 6.14. The Kier molecular flexibility index (Phi) is 10.8. The molecular formula is C27H29Cl2N5V. The number of nitrogens with zero attached hydrogens (tertiary/aromatic N) is 5. The van der Waals surface area contributed by atoms with Crippen molar-refractivity contribution in [2.75, 3.05) is 0 Å². The summed E-state index contributed by atoms with van der Waals surface area (Å²) in [6, 6.07) is 22.9. The maximum atomic E-state index is 5.07. The Morgan fingerprint density at radius 1 is 0.571 bits per heavy atom. The number of hydrogen-bond donors (Lipinski definition) is 0. The summed E-state index contributed by atoms with van der Waals surface area (Å²) in [7, 11) is 0. The molecule has 181 valence electrons. The van der Waals surface area contributed by atoms with E-state index in [9.17, 15) is 0 Å². The normalized spacial score (nSPS) is 10.6. The summed E-state index contributed by atoms with van der Waals surface area (Å²) >= 11 is 0. The fourth-order valence-corrected chi connectivity index (χ4v) is 4.31. The van der Waals surface area contributed by atoms with Gasteiger partial charge >= 0.3 is 18.6 Å². The van der Waals surface area contributed by atoms with Gasteiger partial charge in [-0.25, -0.2) is 15.0 Å². The number of rotatable bonds is 8. The molecule has 2 aromatic carbocycles. The monoisotopic (exact) mass is 544 g/mol. The molecular weight excluding hydrogens is 516 g/mol. The van der Waals surface area contributed by atoms with E-state index in [2.05, 4.69) is 77.6 Å². The SMILES string of the molecule is CCCCn1c(-c2cccc(-c3nc4ccccc4n3CCCC)n2)nc2ccccc21.[Cl-].[Cl-].[V+2]. The van der Waals surface area contributed by atoms with Crippen LogP contribution in [0.4, 0.5) is 0 Å². The van der Waals surface area contributed by atoms with Gasteiger partial charge in [0, 0.05) is 13.1 Å². The third-order valence-corrected chi connectivity index (χ3v) is 5.99. The molecule has 3 heterocycles. The van der Waals surface area contributed by atoms with E-state index in [0.29, 0.717) is 0 Å². The van der Waals surface area contributed by atoms with Crippen LogP contribution in [0.3, 0.4) is 0 Å². The first kappa shape index (κ1) is 28.9. The Balaban J connectivity index is 0.00000144. The summed E-state index contributed by atoms with van der Waals surface area (Å²) < 4.78 is 4.62. The molecule has 8 heteroatoms. The zero-order chi connectivity index (χ0) is 21.9. The van der Waals surface area contributed by atoms with E-state index in [1.54, 1.807) is 0 Å². The molecule has 35 heavy (non-hydrogen) atoms. The van der Waals surface area contributed by atoms with Gasteiger partial charge in [0.1, 0.15) is 11.4 Å². The second-order valence-corrected chi connectivity index (χ2v) is 8.27. The molecule has 1 radical (unpaired) electrons. The van der Waals surface area contributed by atoms with Gasteiger partial charge < -0.3 is 33.9 Å². The maximum absolute atomic E-state index is 5.07. The topological polar surface area (TPSA) is 48.5 Å². The number of halogens is 2. The summed E-state index contributed by atoms with van der Waals surface area (Å²) in [4.78, 5) is 15.0. The second kappa shape index (κ2) is 13.1. The number of benzene rings is 2. The molecule has 0 aliphatic heterocycles. The van der Waals surface area contributed by atoms with E-state index in [1.807, 2.05) is 12.1 Å². The van der Waals surface area contributed by atoms with Crippen molar-refractivity contribution in [1.29, 1.82) is 0 Å². The average Bonchev–Trinajstić information content (AvgIpc) is 3.40. The number of aromatic nitrogens is 5. The first-order chi connectivity index (χ1) is 15.8. The van der Waals surface area contributed by atoms with E-state index in [4.69, 9.17) is 15.0 Å². The van der Waals surface area contributed by atoms with E-state index in [0.717, 1.165) is 72.8 Å². The number of unbranched alkanes of at least 4 members (excludes halogenated alkanes) is 2. The predicted octanol–water partition coefficient (Wildman–Crippen LogP) is 0.721. The third kappa shape index (κ3) is 5.75. The Morgan fingerprint density at radius 3 is 1.43 bits per heavy atom. The van der Waals surface area contributed by atoms with Crippen molar-refractivity contribution in [3.05, 3.63) is 66.7 Å². The van der Waals surface area contributed by atoms with Crippen LogP contribution in [-0.4, -0.2) is 24.1 Å². The fourth-order valence-electron chi connectivity index (χ4n) is 4.31. The molecule has 5 rings (SSSR count). The molecule has 5 aromatic rings. The van der Waals surface area contributed by atoms with Crippen LogP contribution in [-0.2, 0) is 31.6 Å². The van der Waals surface area contributed by atoms with Crippen LogP contribution in [0.5, 0.6) is 0 Å². The van der Waals surface area contributed by atoms with Crippen LogP contribution in [0.2, 0.25) is 0 Å². The molecule has 0 saturated heterocycles. The molecule has 0 spiro atoms. The van der Waals surface area contributed by atoms with Gasteiger partial charge in [0.05, 0.1) is 22.1 Å². The molecule has 3 aromatic heterocycles. The number of imidazole rings is 2. The fraction of sp³-hybridized carbons (Fsp3) is 0.296. The van der Waals surface area contributed by atoms with Crippen LogP contribution in [0.1, 0.15) is 39.5 Å². The second-order valence-electron chi connectivity index (χ2n) is 8.27. The Hall–Kier alpha value is -2.31. The quantitative estimate of drug-likeness (QED) is 0.289. The van der Waals surface area contributed by atoms with Crippen LogP contribution >= 0.6 is 0 Å². The first-order valence-electron chi connectivity index (χ1n) is 11.7. The molecule has 0 aliphatic rings. The van der Waals surface area contributed by atoms with E-state index < -0.39 is 0 Å². The third-order valence-electron chi connectivity index (χ3n) is 5.99. The molecule has 0 aliphatic carbocycles. The van der Waals surface area contributed by atoms with Crippen molar-refractivity contribution in [2.24, 2.45) is 0 Å². The molecule has 0 bridgehead atoms. The average molecular weight is 545 g/mol. The van der Waals surface area contributed by atoms with Crippen molar-refractivity contribution in [3.8, 4) is 23.0 Å². The van der Waals surface area contributed by atoms with Gasteiger partial charge in [-0.1, -0.05) is 57.0 Å². The van der Waals surface area contributed by atoms with E-state index in [1.165, 1.54) is 11.0 Å². The standard InChI is InChI=1S/C27H29N5.2ClH.V/c1-3-5-18-31-24-16-9-7-12-20(24)29-26(31)22-14-11-15-23(28-22)27-30-21-13-8-10-17-25(21)32(27)19-6-4-2;;;/h7-17H,3-6,18-19H2,1-2H3;2*1H;/q;;;+2/p-2. The molecule has 0 unspecified atom stereocenters. The van der Waals surface area contributed by atoms with Gasteiger partial charge in [-0.15, -0.1) is 0 Å². The Bertz CT molecular complexity index is 1280. The Morgan fingerprint density at radius 2 is 1.00 bits per heavy atom. The van der Waals surface area contributed by atoms with Crippen molar-refractivity contribution in [3.63, 3.8) is 0 Å². The zero-order valence-corrected chi connectivity index (χ0v) is 22.9. The molecule has 5 nitrogen and oxygen atoms in total. The minimum Gasteiger partial charge on any atom is -1.00 e. The number of aryl methyl sites for hydroxylation is 2. The number of para-hydroxylation sites is 4. The van der Waals surface area contributed by atoms with Gasteiger partial charge in [0.2, 0.25) is 0 Å². The maximum Gasteiger partial charge on any atom is 2.00 e. The minimum atomic E-state index is 0. The van der Waals surface area contributed by atoms with Gasteiger partial charge in [-0.2, -0.15) is 0 Å². The largest absolute Gasteiger partial charge is 2.00 e. The van der Waals surface area contributed by atoms with Gasteiger partial charge in [-0.3, -0.25) is 0 Å². The summed E-state index contributed by atoms with van der Waals surface area (Å²) in [5.74, 6) is 1.86. The van der Waals surface area contributed by atoms with Gasteiger partial charge in [0.25, 0.3) is 0 Å². The first-order valence-corrected chi connectivity index (χ1v) is 11.7. The predicted molar refractivity (Wildman–Crippen MR) is 132 cm³/mol. The van der Waals surface area contributed by atoms with Crippen LogP contribution < -0.4 is 24.8 Å². The summed E-state index contributed by atoms with van der Waals surface area (Å²) in [5, 5.41) is 0. The Labute approximate surface area is 231 Å². The molecule has 0 fully saturated rings. The summed E-state index contributed by atoms with van der Waals surface area (Å²) in [6.45, 7) is 6.32.